The van der Waals surface area contributed by atoms with Crippen LogP contribution in [0.1, 0.15) is 53.4 Å². The van der Waals surface area contributed by atoms with Crippen molar-refractivity contribution in [1.29, 1.82) is 0 Å². The monoisotopic (exact) mass is 327 g/mol. The highest BCUT2D eigenvalue weighted by Gasteiger charge is 2.36. The maximum absolute atomic E-state index is 12.2. The summed E-state index contributed by atoms with van der Waals surface area (Å²) in [6.07, 6.45) is 2.63. The van der Waals surface area contributed by atoms with Crippen LogP contribution >= 0.6 is 0 Å². The summed E-state index contributed by atoms with van der Waals surface area (Å²) in [6, 6.07) is -0.444. The predicted molar refractivity (Wildman–Crippen MR) is 86.9 cm³/mol. The molecular formula is C16H29N3O4. The van der Waals surface area contributed by atoms with Crippen molar-refractivity contribution in [3.8, 4) is 0 Å². The summed E-state index contributed by atoms with van der Waals surface area (Å²) in [5.41, 5.74) is -0.565. The molecule has 1 heterocycles. The van der Waals surface area contributed by atoms with Gasteiger partial charge in [-0.2, -0.15) is 0 Å². The van der Waals surface area contributed by atoms with Gasteiger partial charge in [-0.1, -0.05) is 0 Å². The zero-order valence-corrected chi connectivity index (χ0v) is 14.6. The highest BCUT2D eigenvalue weighted by atomic mass is 16.6. The van der Waals surface area contributed by atoms with Gasteiger partial charge in [-0.15, -0.1) is 0 Å². The Balaban J connectivity index is 2.34. The SMILES string of the molecule is CC(=O)NCCCCNC(=O)C1CCCN1C(=O)OC(C)(C)C. The molecule has 7 heteroatoms. The van der Waals surface area contributed by atoms with E-state index in [1.165, 1.54) is 11.8 Å². The van der Waals surface area contributed by atoms with E-state index < -0.39 is 17.7 Å². The highest BCUT2D eigenvalue weighted by Crippen LogP contribution is 2.20. The Kier molecular flexibility index (Phi) is 7.32. The first kappa shape index (κ1) is 19.3. The fourth-order valence-corrected chi connectivity index (χ4v) is 2.42. The molecule has 1 rings (SSSR count). The molecule has 0 spiro atoms. The molecule has 0 saturated carbocycles. The summed E-state index contributed by atoms with van der Waals surface area (Å²) in [7, 11) is 0. The van der Waals surface area contributed by atoms with Crippen molar-refractivity contribution in [3.05, 3.63) is 0 Å². The summed E-state index contributed by atoms with van der Waals surface area (Å²) in [5.74, 6) is -0.180. The lowest BCUT2D eigenvalue weighted by atomic mass is 10.2. The van der Waals surface area contributed by atoms with Gasteiger partial charge >= 0.3 is 6.09 Å². The van der Waals surface area contributed by atoms with E-state index in [2.05, 4.69) is 10.6 Å². The molecule has 1 atom stereocenters. The second kappa shape index (κ2) is 8.74. The smallest absolute Gasteiger partial charge is 0.410 e. The van der Waals surface area contributed by atoms with E-state index in [0.29, 0.717) is 26.1 Å². The number of ether oxygens (including phenoxy) is 1. The first-order valence-corrected chi connectivity index (χ1v) is 8.22. The van der Waals surface area contributed by atoms with Crippen LogP contribution in [0.25, 0.3) is 0 Å². The van der Waals surface area contributed by atoms with Crippen LogP contribution in [0.15, 0.2) is 0 Å². The van der Waals surface area contributed by atoms with Crippen LogP contribution in [0.2, 0.25) is 0 Å². The van der Waals surface area contributed by atoms with Crippen LogP contribution in [0, 0.1) is 0 Å². The number of hydrogen-bond acceptors (Lipinski definition) is 4. The summed E-state index contributed by atoms with van der Waals surface area (Å²) in [5, 5.41) is 5.57. The number of carbonyl (C=O) groups excluding carboxylic acids is 3. The molecule has 0 aromatic heterocycles. The Morgan fingerprint density at radius 3 is 2.30 bits per heavy atom. The first-order valence-electron chi connectivity index (χ1n) is 8.22. The maximum atomic E-state index is 12.2. The molecule has 0 aliphatic carbocycles. The molecule has 0 aromatic carbocycles. The standard InChI is InChI=1S/C16H29N3O4/c1-12(20)17-9-5-6-10-18-14(21)13-8-7-11-19(13)15(22)23-16(2,3)4/h13H,5-11H2,1-4H3,(H,17,20)(H,18,21). The molecule has 0 aromatic rings. The number of carbonyl (C=O) groups is 3. The normalized spacial score (nSPS) is 17.7. The predicted octanol–water partition coefficient (Wildman–Crippen LogP) is 1.42. The van der Waals surface area contributed by atoms with Crippen molar-refractivity contribution in [3.63, 3.8) is 0 Å². The molecule has 0 radical (unpaired) electrons. The second-order valence-electron chi connectivity index (χ2n) is 6.81. The van der Waals surface area contributed by atoms with Crippen LogP contribution in [0.5, 0.6) is 0 Å². The highest BCUT2D eigenvalue weighted by molar-refractivity contribution is 5.86. The number of likely N-dealkylation sites (tertiary alicyclic amines) is 1. The van der Waals surface area contributed by atoms with Crippen LogP contribution < -0.4 is 10.6 Å². The lowest BCUT2D eigenvalue weighted by Gasteiger charge is -2.28. The lowest BCUT2D eigenvalue weighted by molar-refractivity contribution is -0.125. The molecular weight excluding hydrogens is 298 g/mol. The number of nitrogens with zero attached hydrogens (tertiary/aromatic N) is 1. The molecule has 1 unspecified atom stereocenters. The lowest BCUT2D eigenvalue weighted by Crippen LogP contribution is -2.47. The van der Waals surface area contributed by atoms with Gasteiger partial charge in [0, 0.05) is 26.6 Å². The number of amides is 3. The third-order valence-electron chi connectivity index (χ3n) is 3.46. The van der Waals surface area contributed by atoms with E-state index >= 15 is 0 Å². The molecule has 23 heavy (non-hydrogen) atoms. The first-order chi connectivity index (χ1) is 10.7. The fraction of sp³-hybridized carbons (Fsp3) is 0.812. The third-order valence-corrected chi connectivity index (χ3v) is 3.46. The molecule has 1 aliphatic heterocycles. The molecule has 0 bridgehead atoms. The van der Waals surface area contributed by atoms with E-state index in [1.54, 1.807) is 0 Å². The Labute approximate surface area is 138 Å². The van der Waals surface area contributed by atoms with Crippen molar-refractivity contribution >= 4 is 17.9 Å². The summed E-state index contributed by atoms with van der Waals surface area (Å²) in [4.78, 5) is 36.6. The number of unbranched alkanes of at least 4 members (excludes halogenated alkanes) is 1. The van der Waals surface area contributed by atoms with Gasteiger partial charge in [0.25, 0.3) is 0 Å². The minimum absolute atomic E-state index is 0.0482. The molecule has 2 N–H and O–H groups in total. The molecule has 1 aliphatic rings. The zero-order valence-electron chi connectivity index (χ0n) is 14.6. The third kappa shape index (κ3) is 7.34. The minimum atomic E-state index is -0.565. The van der Waals surface area contributed by atoms with Crippen LogP contribution in [0.4, 0.5) is 4.79 Å². The second-order valence-corrected chi connectivity index (χ2v) is 6.81. The molecule has 132 valence electrons. The van der Waals surface area contributed by atoms with Crippen LogP contribution in [0.3, 0.4) is 0 Å². The number of hydrogen-bond donors (Lipinski definition) is 2. The fourth-order valence-electron chi connectivity index (χ4n) is 2.42. The van der Waals surface area contributed by atoms with Gasteiger partial charge in [-0.25, -0.2) is 4.79 Å². The molecule has 7 nitrogen and oxygen atoms in total. The van der Waals surface area contributed by atoms with Gasteiger partial charge in [0.05, 0.1) is 0 Å². The van der Waals surface area contributed by atoms with Gasteiger partial charge in [0.1, 0.15) is 11.6 Å². The zero-order chi connectivity index (χ0) is 17.5. The van der Waals surface area contributed by atoms with Gasteiger partial charge in [-0.05, 0) is 46.5 Å². The Morgan fingerprint density at radius 2 is 1.74 bits per heavy atom. The van der Waals surface area contributed by atoms with E-state index in [9.17, 15) is 14.4 Å². The topological polar surface area (TPSA) is 87.7 Å². The summed E-state index contributed by atoms with van der Waals surface area (Å²) < 4.78 is 5.35. The largest absolute Gasteiger partial charge is 0.444 e. The van der Waals surface area contributed by atoms with Crippen molar-refractivity contribution in [2.24, 2.45) is 0 Å². The van der Waals surface area contributed by atoms with Gasteiger partial charge < -0.3 is 15.4 Å². The van der Waals surface area contributed by atoms with Gasteiger partial charge in [0.2, 0.25) is 11.8 Å². The van der Waals surface area contributed by atoms with E-state index in [1.807, 2.05) is 20.8 Å². The number of rotatable bonds is 6. The van der Waals surface area contributed by atoms with E-state index in [-0.39, 0.29) is 11.8 Å². The van der Waals surface area contributed by atoms with Crippen molar-refractivity contribution in [2.45, 2.75) is 65.0 Å². The minimum Gasteiger partial charge on any atom is -0.444 e. The quantitative estimate of drug-likeness (QED) is 0.722. The van der Waals surface area contributed by atoms with Crippen molar-refractivity contribution < 1.29 is 19.1 Å². The van der Waals surface area contributed by atoms with E-state index in [0.717, 1.165) is 19.3 Å². The molecule has 1 saturated heterocycles. The Hall–Kier alpha value is -1.79. The van der Waals surface area contributed by atoms with Gasteiger partial charge in [-0.3, -0.25) is 14.5 Å². The van der Waals surface area contributed by atoms with Gasteiger partial charge in [0.15, 0.2) is 0 Å². The van der Waals surface area contributed by atoms with Crippen LogP contribution in [-0.2, 0) is 14.3 Å². The number of nitrogens with one attached hydrogen (secondary N) is 2. The van der Waals surface area contributed by atoms with Crippen molar-refractivity contribution in [2.75, 3.05) is 19.6 Å². The summed E-state index contributed by atoms with van der Waals surface area (Å²) >= 11 is 0. The van der Waals surface area contributed by atoms with Crippen LogP contribution in [-0.4, -0.2) is 54.1 Å². The van der Waals surface area contributed by atoms with E-state index in [4.69, 9.17) is 4.74 Å². The molecule has 1 fully saturated rings. The Morgan fingerprint density at radius 1 is 1.13 bits per heavy atom. The summed E-state index contributed by atoms with van der Waals surface area (Å²) in [6.45, 7) is 8.61. The maximum Gasteiger partial charge on any atom is 0.410 e. The van der Waals surface area contributed by atoms with Crippen molar-refractivity contribution in [1.82, 2.24) is 15.5 Å². The average molecular weight is 327 g/mol. The Bertz CT molecular complexity index is 432. The molecule has 3 amide bonds. The average Bonchev–Trinajstić information content (AvgIpc) is 2.89.